The molecule has 16 heavy (non-hydrogen) atoms. The van der Waals surface area contributed by atoms with E-state index in [-0.39, 0.29) is 6.61 Å². The number of fused-ring (bicyclic) bond motifs is 1. The van der Waals surface area contributed by atoms with Gasteiger partial charge in [-0.25, -0.2) is 8.78 Å². The normalized spacial score (nSPS) is 15.1. The smallest absolute Gasteiger partial charge is 0.149 e. The van der Waals surface area contributed by atoms with E-state index in [1.165, 1.54) is 6.07 Å². The molecular formula is C12H15F2NO. The van der Waals surface area contributed by atoms with Gasteiger partial charge in [-0.1, -0.05) is 0 Å². The number of rotatable bonds is 3. The molecule has 0 saturated heterocycles. The van der Waals surface area contributed by atoms with Crippen molar-refractivity contribution in [1.82, 2.24) is 0 Å². The molecule has 1 aliphatic rings. The SMILES string of the molecule is OCCCN1CCCc2cc(F)cc(F)c21. The van der Waals surface area contributed by atoms with Gasteiger partial charge in [-0.05, 0) is 30.9 Å². The summed E-state index contributed by atoms with van der Waals surface area (Å²) in [5.74, 6) is -1.01. The van der Waals surface area contributed by atoms with Crippen molar-refractivity contribution in [2.24, 2.45) is 0 Å². The monoisotopic (exact) mass is 227 g/mol. The first-order valence-electron chi connectivity index (χ1n) is 5.56. The number of aliphatic hydroxyl groups is 1. The highest BCUT2D eigenvalue weighted by Crippen LogP contribution is 2.30. The lowest BCUT2D eigenvalue weighted by Gasteiger charge is -2.31. The Morgan fingerprint density at radius 1 is 1.31 bits per heavy atom. The first kappa shape index (κ1) is 11.3. The Labute approximate surface area is 93.5 Å². The molecule has 0 radical (unpaired) electrons. The van der Waals surface area contributed by atoms with Gasteiger partial charge in [0.25, 0.3) is 0 Å². The maximum Gasteiger partial charge on any atom is 0.149 e. The van der Waals surface area contributed by atoms with Crippen molar-refractivity contribution in [2.45, 2.75) is 19.3 Å². The molecule has 0 aliphatic carbocycles. The van der Waals surface area contributed by atoms with Gasteiger partial charge in [0.1, 0.15) is 11.6 Å². The molecule has 0 bridgehead atoms. The van der Waals surface area contributed by atoms with Gasteiger partial charge in [0.15, 0.2) is 0 Å². The second-order valence-electron chi connectivity index (χ2n) is 4.06. The van der Waals surface area contributed by atoms with Crippen LogP contribution in [0.25, 0.3) is 0 Å². The molecule has 1 N–H and O–H groups in total. The molecule has 2 rings (SSSR count). The average Bonchev–Trinajstić information content (AvgIpc) is 2.25. The second-order valence-corrected chi connectivity index (χ2v) is 4.06. The number of aryl methyl sites for hydroxylation is 1. The molecule has 88 valence electrons. The van der Waals surface area contributed by atoms with Crippen LogP contribution in [0.1, 0.15) is 18.4 Å². The van der Waals surface area contributed by atoms with Crippen LogP contribution in [0.2, 0.25) is 0 Å². The Hall–Kier alpha value is -1.16. The standard InChI is InChI=1S/C12H15F2NO/c13-10-7-9-3-1-4-15(5-2-6-16)12(9)11(14)8-10/h7-8,16H,1-6H2. The van der Waals surface area contributed by atoms with Crippen molar-refractivity contribution in [3.63, 3.8) is 0 Å². The average molecular weight is 227 g/mol. The van der Waals surface area contributed by atoms with Crippen LogP contribution in [0, 0.1) is 11.6 Å². The maximum atomic E-state index is 13.7. The van der Waals surface area contributed by atoms with E-state index in [2.05, 4.69) is 0 Å². The van der Waals surface area contributed by atoms with Crippen LogP contribution in [0.3, 0.4) is 0 Å². The summed E-state index contributed by atoms with van der Waals surface area (Å²) < 4.78 is 26.7. The van der Waals surface area contributed by atoms with Gasteiger partial charge in [0.2, 0.25) is 0 Å². The summed E-state index contributed by atoms with van der Waals surface area (Å²) >= 11 is 0. The van der Waals surface area contributed by atoms with Crippen LogP contribution in [0.5, 0.6) is 0 Å². The summed E-state index contributed by atoms with van der Waals surface area (Å²) in [6.45, 7) is 1.48. The van der Waals surface area contributed by atoms with Crippen molar-refractivity contribution in [2.75, 3.05) is 24.6 Å². The third kappa shape index (κ3) is 2.16. The van der Waals surface area contributed by atoms with Gasteiger partial charge < -0.3 is 10.0 Å². The van der Waals surface area contributed by atoms with E-state index in [1.54, 1.807) is 0 Å². The van der Waals surface area contributed by atoms with E-state index in [0.29, 0.717) is 18.7 Å². The fourth-order valence-corrected chi connectivity index (χ4v) is 2.22. The number of halogens is 2. The summed E-state index contributed by atoms with van der Waals surface area (Å²) in [6.07, 6.45) is 2.23. The van der Waals surface area contributed by atoms with Gasteiger partial charge in [-0.15, -0.1) is 0 Å². The minimum atomic E-state index is -0.514. The molecule has 0 saturated carbocycles. The lowest BCUT2D eigenvalue weighted by Crippen LogP contribution is -2.31. The lowest BCUT2D eigenvalue weighted by molar-refractivity contribution is 0.289. The van der Waals surface area contributed by atoms with Crippen molar-refractivity contribution in [1.29, 1.82) is 0 Å². The zero-order valence-electron chi connectivity index (χ0n) is 9.05. The summed E-state index contributed by atoms with van der Waals surface area (Å²) in [5.41, 5.74) is 1.25. The van der Waals surface area contributed by atoms with Crippen molar-refractivity contribution in [3.8, 4) is 0 Å². The van der Waals surface area contributed by atoms with Gasteiger partial charge in [0.05, 0.1) is 5.69 Å². The van der Waals surface area contributed by atoms with Crippen molar-refractivity contribution >= 4 is 5.69 Å². The van der Waals surface area contributed by atoms with E-state index in [1.807, 2.05) is 4.90 Å². The predicted octanol–water partition coefficient (Wildman–Crippen LogP) is 2.10. The van der Waals surface area contributed by atoms with Gasteiger partial charge >= 0.3 is 0 Å². The molecule has 0 amide bonds. The number of nitrogens with zero attached hydrogens (tertiary/aromatic N) is 1. The summed E-state index contributed by atoms with van der Waals surface area (Å²) in [7, 11) is 0. The molecule has 1 aromatic rings. The minimum absolute atomic E-state index is 0.0919. The maximum absolute atomic E-state index is 13.7. The Morgan fingerprint density at radius 3 is 2.88 bits per heavy atom. The van der Waals surface area contributed by atoms with Gasteiger partial charge in [0, 0.05) is 25.8 Å². The Balaban J connectivity index is 2.30. The molecule has 0 fully saturated rings. The summed E-state index contributed by atoms with van der Waals surface area (Å²) in [5, 5.41) is 8.78. The molecule has 1 heterocycles. The van der Waals surface area contributed by atoms with E-state index >= 15 is 0 Å². The second kappa shape index (κ2) is 4.78. The summed E-state index contributed by atoms with van der Waals surface area (Å²) in [4.78, 5) is 1.89. The first-order valence-corrected chi connectivity index (χ1v) is 5.56. The molecule has 1 aliphatic heterocycles. The zero-order valence-corrected chi connectivity index (χ0v) is 9.05. The van der Waals surface area contributed by atoms with Crippen molar-refractivity contribution in [3.05, 3.63) is 29.3 Å². The Kier molecular flexibility index (Phi) is 3.39. The Morgan fingerprint density at radius 2 is 2.12 bits per heavy atom. The minimum Gasteiger partial charge on any atom is -0.396 e. The molecule has 0 aromatic heterocycles. The van der Waals surface area contributed by atoms with Crippen LogP contribution in [0.15, 0.2) is 12.1 Å². The van der Waals surface area contributed by atoms with Gasteiger partial charge in [-0.3, -0.25) is 0 Å². The van der Waals surface area contributed by atoms with Crippen LogP contribution >= 0.6 is 0 Å². The molecule has 0 spiro atoms. The van der Waals surface area contributed by atoms with E-state index in [0.717, 1.165) is 31.0 Å². The fraction of sp³-hybridized carbons (Fsp3) is 0.500. The highest BCUT2D eigenvalue weighted by atomic mass is 19.1. The van der Waals surface area contributed by atoms with Crippen LogP contribution in [-0.2, 0) is 6.42 Å². The molecule has 4 heteroatoms. The van der Waals surface area contributed by atoms with Crippen LogP contribution in [0.4, 0.5) is 14.5 Å². The van der Waals surface area contributed by atoms with Crippen LogP contribution in [-0.4, -0.2) is 24.8 Å². The largest absolute Gasteiger partial charge is 0.396 e. The molecular weight excluding hydrogens is 212 g/mol. The third-order valence-electron chi connectivity index (χ3n) is 2.88. The zero-order chi connectivity index (χ0) is 11.5. The van der Waals surface area contributed by atoms with E-state index < -0.39 is 11.6 Å². The highest BCUT2D eigenvalue weighted by Gasteiger charge is 2.21. The van der Waals surface area contributed by atoms with Crippen molar-refractivity contribution < 1.29 is 13.9 Å². The van der Waals surface area contributed by atoms with Crippen LogP contribution < -0.4 is 4.90 Å². The number of anilines is 1. The predicted molar refractivity (Wildman–Crippen MR) is 58.6 cm³/mol. The molecule has 2 nitrogen and oxygen atoms in total. The third-order valence-corrected chi connectivity index (χ3v) is 2.88. The quantitative estimate of drug-likeness (QED) is 0.854. The van der Waals surface area contributed by atoms with Gasteiger partial charge in [-0.2, -0.15) is 0 Å². The number of benzene rings is 1. The summed E-state index contributed by atoms with van der Waals surface area (Å²) in [6, 6.07) is 2.33. The fourth-order valence-electron chi connectivity index (χ4n) is 2.22. The lowest BCUT2D eigenvalue weighted by atomic mass is 10.0. The van der Waals surface area contributed by atoms with E-state index in [9.17, 15) is 8.78 Å². The Bertz CT molecular complexity index is 382. The first-order chi connectivity index (χ1) is 7.72. The number of hydrogen-bond acceptors (Lipinski definition) is 2. The number of aliphatic hydroxyl groups excluding tert-OH is 1. The molecule has 0 unspecified atom stereocenters. The topological polar surface area (TPSA) is 23.5 Å². The van der Waals surface area contributed by atoms with E-state index in [4.69, 9.17) is 5.11 Å². The number of hydrogen-bond donors (Lipinski definition) is 1. The molecule has 1 aromatic carbocycles. The molecule has 0 atom stereocenters. The highest BCUT2D eigenvalue weighted by molar-refractivity contribution is 5.56.